The molecule has 2 aliphatic rings. The summed E-state index contributed by atoms with van der Waals surface area (Å²) in [6.07, 6.45) is 4.54. The summed E-state index contributed by atoms with van der Waals surface area (Å²) < 4.78 is 0. The monoisotopic (exact) mass is 195 g/mol. The smallest absolute Gasteiger partial charge is 0.174 e. The molecule has 1 saturated heterocycles. The fourth-order valence-corrected chi connectivity index (χ4v) is 1.97. The lowest BCUT2D eigenvalue weighted by molar-refractivity contribution is 0.392. The summed E-state index contributed by atoms with van der Waals surface area (Å²) in [5.41, 5.74) is 1.12. The topological polar surface area (TPSA) is 56.9 Å². The number of hydrogen-bond donors (Lipinski definition) is 2. The zero-order valence-electron chi connectivity index (χ0n) is 8.53. The number of nitrogens with one attached hydrogen (secondary N) is 1. The van der Waals surface area contributed by atoms with Gasteiger partial charge in [0.2, 0.25) is 0 Å². The van der Waals surface area contributed by atoms with Crippen LogP contribution in [-0.2, 0) is 0 Å². The van der Waals surface area contributed by atoms with Crippen molar-refractivity contribution < 1.29 is 0 Å². The van der Waals surface area contributed by atoms with Gasteiger partial charge >= 0.3 is 0 Å². The highest BCUT2D eigenvalue weighted by Crippen LogP contribution is 2.17. The van der Waals surface area contributed by atoms with E-state index in [0.717, 1.165) is 31.3 Å². The second kappa shape index (κ2) is 3.77. The van der Waals surface area contributed by atoms with Crippen LogP contribution < -0.4 is 11.2 Å². The predicted octanol–water partition coefficient (Wildman–Crippen LogP) is -0.312. The third-order valence-corrected chi connectivity index (χ3v) is 2.73. The third-order valence-electron chi connectivity index (χ3n) is 2.73. The Kier molecular flexibility index (Phi) is 2.47. The Labute approximate surface area is 84.2 Å². The summed E-state index contributed by atoms with van der Waals surface area (Å²) in [6.45, 7) is 2.99. The highest BCUT2D eigenvalue weighted by Gasteiger charge is 2.23. The summed E-state index contributed by atoms with van der Waals surface area (Å²) >= 11 is 0. The van der Waals surface area contributed by atoms with Crippen molar-refractivity contribution in [2.75, 3.05) is 26.8 Å². The first kappa shape index (κ1) is 9.18. The van der Waals surface area contributed by atoms with E-state index < -0.39 is 0 Å². The molecule has 3 N–H and O–H groups in total. The van der Waals surface area contributed by atoms with Crippen molar-refractivity contribution in [1.29, 1.82) is 0 Å². The standard InChI is InChI=1S/C9H17N5/c1-13-7-11-6-8(9(13)12-10)14-4-2-3-5-14/h6,11H,2-5,7,10H2,1H3. The van der Waals surface area contributed by atoms with Gasteiger partial charge in [-0.3, -0.25) is 0 Å². The molecule has 0 aliphatic carbocycles. The molecule has 14 heavy (non-hydrogen) atoms. The Morgan fingerprint density at radius 1 is 1.43 bits per heavy atom. The summed E-state index contributed by atoms with van der Waals surface area (Å²) in [4.78, 5) is 4.35. The SMILES string of the molecule is CN1CNC=C(N2CCCC2)C1=NN. The van der Waals surface area contributed by atoms with Gasteiger partial charge in [-0.25, -0.2) is 0 Å². The fourth-order valence-electron chi connectivity index (χ4n) is 1.97. The molecule has 2 heterocycles. The maximum absolute atomic E-state index is 5.40. The summed E-state index contributed by atoms with van der Waals surface area (Å²) in [5.74, 6) is 6.28. The summed E-state index contributed by atoms with van der Waals surface area (Å²) in [5, 5.41) is 7.06. The van der Waals surface area contributed by atoms with Crippen molar-refractivity contribution in [2.45, 2.75) is 12.8 Å². The van der Waals surface area contributed by atoms with Crippen LogP contribution >= 0.6 is 0 Å². The molecule has 1 fully saturated rings. The van der Waals surface area contributed by atoms with Crippen LogP contribution in [0.5, 0.6) is 0 Å². The van der Waals surface area contributed by atoms with Crippen LogP contribution in [0.1, 0.15) is 12.8 Å². The molecule has 0 aromatic heterocycles. The maximum Gasteiger partial charge on any atom is 0.174 e. The minimum Gasteiger partial charge on any atom is -0.372 e. The summed E-state index contributed by atoms with van der Waals surface area (Å²) in [7, 11) is 1.99. The molecule has 0 amide bonds. The Balaban J connectivity index is 2.19. The van der Waals surface area contributed by atoms with E-state index in [9.17, 15) is 0 Å². The normalized spacial score (nSPS) is 25.2. The van der Waals surface area contributed by atoms with E-state index in [-0.39, 0.29) is 0 Å². The summed E-state index contributed by atoms with van der Waals surface area (Å²) in [6, 6.07) is 0. The predicted molar refractivity (Wildman–Crippen MR) is 56.3 cm³/mol. The molecule has 0 spiro atoms. The minimum absolute atomic E-state index is 0.771. The average Bonchev–Trinajstić information content (AvgIpc) is 2.70. The van der Waals surface area contributed by atoms with Crippen molar-refractivity contribution in [3.8, 4) is 0 Å². The largest absolute Gasteiger partial charge is 0.372 e. The molecule has 0 aromatic rings. The van der Waals surface area contributed by atoms with Crippen molar-refractivity contribution in [3.63, 3.8) is 0 Å². The van der Waals surface area contributed by atoms with Gasteiger partial charge in [-0.15, -0.1) is 0 Å². The van der Waals surface area contributed by atoms with Crippen LogP contribution in [0.25, 0.3) is 0 Å². The molecule has 5 nitrogen and oxygen atoms in total. The maximum atomic E-state index is 5.40. The molecule has 0 radical (unpaired) electrons. The van der Waals surface area contributed by atoms with Crippen LogP contribution in [0.4, 0.5) is 0 Å². The zero-order valence-corrected chi connectivity index (χ0v) is 8.53. The first-order valence-corrected chi connectivity index (χ1v) is 5.01. The van der Waals surface area contributed by atoms with E-state index in [2.05, 4.69) is 15.3 Å². The Morgan fingerprint density at radius 2 is 2.14 bits per heavy atom. The second-order valence-corrected chi connectivity index (χ2v) is 3.74. The van der Waals surface area contributed by atoms with Crippen LogP contribution in [0.15, 0.2) is 17.0 Å². The van der Waals surface area contributed by atoms with E-state index in [1.807, 2.05) is 18.1 Å². The van der Waals surface area contributed by atoms with Crippen LogP contribution in [0.2, 0.25) is 0 Å². The second-order valence-electron chi connectivity index (χ2n) is 3.74. The lowest BCUT2D eigenvalue weighted by Crippen LogP contribution is -2.44. The molecule has 2 aliphatic heterocycles. The molecule has 0 aromatic carbocycles. The van der Waals surface area contributed by atoms with Gasteiger partial charge in [-0.2, -0.15) is 5.10 Å². The Morgan fingerprint density at radius 3 is 2.79 bits per heavy atom. The van der Waals surface area contributed by atoms with Gasteiger partial charge < -0.3 is 21.0 Å². The van der Waals surface area contributed by atoms with Gasteiger partial charge in [-0.1, -0.05) is 0 Å². The Bertz CT molecular complexity index is 264. The molecule has 0 atom stereocenters. The van der Waals surface area contributed by atoms with E-state index in [1.165, 1.54) is 12.8 Å². The van der Waals surface area contributed by atoms with Crippen LogP contribution in [0.3, 0.4) is 0 Å². The van der Waals surface area contributed by atoms with Crippen molar-refractivity contribution in [1.82, 2.24) is 15.1 Å². The van der Waals surface area contributed by atoms with Gasteiger partial charge in [0, 0.05) is 26.3 Å². The Hall–Kier alpha value is -1.39. The highest BCUT2D eigenvalue weighted by molar-refractivity contribution is 5.97. The van der Waals surface area contributed by atoms with E-state index >= 15 is 0 Å². The fraction of sp³-hybridized carbons (Fsp3) is 0.667. The lowest BCUT2D eigenvalue weighted by Gasteiger charge is -2.32. The zero-order chi connectivity index (χ0) is 9.97. The van der Waals surface area contributed by atoms with Gasteiger partial charge in [0.15, 0.2) is 5.84 Å². The number of nitrogens with zero attached hydrogens (tertiary/aromatic N) is 3. The average molecular weight is 195 g/mol. The number of hydrogen-bond acceptors (Lipinski definition) is 4. The first-order chi connectivity index (χ1) is 6.83. The highest BCUT2D eigenvalue weighted by atomic mass is 15.3. The number of hydrazone groups is 1. The van der Waals surface area contributed by atoms with Crippen molar-refractivity contribution in [2.24, 2.45) is 10.9 Å². The molecule has 0 bridgehead atoms. The van der Waals surface area contributed by atoms with E-state index in [4.69, 9.17) is 5.84 Å². The van der Waals surface area contributed by atoms with Crippen molar-refractivity contribution in [3.05, 3.63) is 11.9 Å². The number of likely N-dealkylation sites (N-methyl/N-ethyl adjacent to an activating group) is 1. The third kappa shape index (κ3) is 1.49. The number of nitrogens with two attached hydrogens (primary N) is 1. The molecule has 78 valence electrons. The quantitative estimate of drug-likeness (QED) is 0.445. The molecular weight excluding hydrogens is 178 g/mol. The first-order valence-electron chi connectivity index (χ1n) is 5.01. The van der Waals surface area contributed by atoms with Crippen LogP contribution in [0, 0.1) is 0 Å². The van der Waals surface area contributed by atoms with Gasteiger partial charge in [-0.05, 0) is 12.8 Å². The minimum atomic E-state index is 0.771. The van der Waals surface area contributed by atoms with E-state index in [0.29, 0.717) is 0 Å². The molecule has 0 unspecified atom stereocenters. The van der Waals surface area contributed by atoms with E-state index in [1.54, 1.807) is 0 Å². The molecule has 2 rings (SSSR count). The van der Waals surface area contributed by atoms with Crippen LogP contribution in [-0.4, -0.2) is 42.4 Å². The molecule has 5 heteroatoms. The molecule has 0 saturated carbocycles. The number of likely N-dealkylation sites (tertiary alicyclic amines) is 1. The van der Waals surface area contributed by atoms with Gasteiger partial charge in [0.1, 0.15) is 0 Å². The molecular formula is C9H17N5. The number of rotatable bonds is 1. The lowest BCUT2D eigenvalue weighted by atomic mass is 10.3. The van der Waals surface area contributed by atoms with Crippen molar-refractivity contribution >= 4 is 5.84 Å². The van der Waals surface area contributed by atoms with Gasteiger partial charge in [0.05, 0.1) is 12.4 Å². The number of amidine groups is 1. The van der Waals surface area contributed by atoms with Gasteiger partial charge in [0.25, 0.3) is 0 Å².